The number of nitrogens with zero attached hydrogens (tertiary/aromatic N) is 1. The molecule has 1 saturated heterocycles. The van der Waals surface area contributed by atoms with Crippen LogP contribution in [0.2, 0.25) is 0 Å². The summed E-state index contributed by atoms with van der Waals surface area (Å²) in [5, 5.41) is 6.37. The van der Waals surface area contributed by atoms with E-state index in [-0.39, 0.29) is 47.3 Å². The molecule has 1 aliphatic heterocycles. The van der Waals surface area contributed by atoms with E-state index in [9.17, 15) is 9.59 Å². The maximum absolute atomic E-state index is 12.2. The minimum absolute atomic E-state index is 0.000498. The lowest BCUT2D eigenvalue weighted by Gasteiger charge is -2.51. The Balaban J connectivity index is 1.61. The molecular weight excluding hydrogens is 362 g/mol. The molecule has 148 valence electrons. The van der Waals surface area contributed by atoms with Crippen molar-refractivity contribution in [3.05, 3.63) is 10.6 Å². The van der Waals surface area contributed by atoms with Crippen molar-refractivity contribution in [2.75, 3.05) is 5.32 Å². The summed E-state index contributed by atoms with van der Waals surface area (Å²) >= 11 is 1.58. The summed E-state index contributed by atoms with van der Waals surface area (Å²) in [6, 6.07) is -0.137. The summed E-state index contributed by atoms with van der Waals surface area (Å²) in [7, 11) is 0. The molecule has 27 heavy (non-hydrogen) atoms. The van der Waals surface area contributed by atoms with Crippen LogP contribution in [0.4, 0.5) is 9.93 Å². The van der Waals surface area contributed by atoms with Gasteiger partial charge in [0.15, 0.2) is 5.13 Å². The van der Waals surface area contributed by atoms with Gasteiger partial charge in [-0.3, -0.25) is 10.1 Å². The van der Waals surface area contributed by atoms with E-state index in [1.165, 1.54) is 4.88 Å². The maximum atomic E-state index is 12.2. The summed E-state index contributed by atoms with van der Waals surface area (Å²) in [5.74, 6) is 0.785. The molecule has 3 aliphatic rings. The molecule has 2 heterocycles. The van der Waals surface area contributed by atoms with E-state index in [1.807, 2.05) is 20.8 Å². The third kappa shape index (κ3) is 3.04. The molecule has 6 nitrogen and oxygen atoms in total. The van der Waals surface area contributed by atoms with E-state index >= 15 is 0 Å². The van der Waals surface area contributed by atoms with Crippen molar-refractivity contribution < 1.29 is 14.3 Å². The van der Waals surface area contributed by atoms with Crippen molar-refractivity contribution in [1.29, 1.82) is 0 Å². The first-order valence-corrected chi connectivity index (χ1v) is 10.8. The van der Waals surface area contributed by atoms with Crippen LogP contribution in [0.3, 0.4) is 0 Å². The highest BCUT2D eigenvalue weighted by molar-refractivity contribution is 7.15. The minimum atomic E-state index is -0.217. The maximum Gasteiger partial charge on any atom is 0.321 e. The van der Waals surface area contributed by atoms with Gasteiger partial charge in [-0.05, 0) is 38.5 Å². The number of fused-ring (bicyclic) bond motifs is 4. The number of urea groups is 1. The standard InChI is InChI=1S/C20H29N3O3S/c1-9(2)21-18(25)23-19-22-15-11(4)14-16-12(10(3)17(24)26-16)6-7-20(14,5)8-13(15)27-19/h9-12,14,16H,6-8H2,1-5H3,(H2,21,22,23,25)/t10-,11+,12-,14+,16+,20+/m0/s1. The Morgan fingerprint density at radius 2 is 2.07 bits per heavy atom. The topological polar surface area (TPSA) is 80.3 Å². The molecule has 1 aromatic rings. The monoisotopic (exact) mass is 391 g/mol. The zero-order valence-electron chi connectivity index (χ0n) is 16.7. The Hall–Kier alpha value is -1.63. The van der Waals surface area contributed by atoms with Gasteiger partial charge in [-0.15, -0.1) is 11.3 Å². The van der Waals surface area contributed by atoms with Crippen LogP contribution in [-0.4, -0.2) is 29.1 Å². The lowest BCUT2D eigenvalue weighted by atomic mass is 9.54. The number of carbonyl (C=O) groups excluding carboxylic acids is 2. The quantitative estimate of drug-likeness (QED) is 0.749. The number of anilines is 1. The zero-order chi connectivity index (χ0) is 19.5. The molecule has 2 amide bonds. The fourth-order valence-corrected chi connectivity index (χ4v) is 6.79. The number of aromatic nitrogens is 1. The van der Waals surface area contributed by atoms with Gasteiger partial charge in [-0.1, -0.05) is 20.8 Å². The van der Waals surface area contributed by atoms with Gasteiger partial charge < -0.3 is 10.1 Å². The van der Waals surface area contributed by atoms with Crippen molar-refractivity contribution in [3.8, 4) is 0 Å². The SMILES string of the molecule is CC(C)NC(=O)Nc1nc2c(s1)C[C@@]1(C)CC[C@@H]3[C@@H](OC(=O)[C@H]3C)[C@H]1[C@H]2C. The molecule has 1 saturated carbocycles. The van der Waals surface area contributed by atoms with Crippen LogP contribution < -0.4 is 10.6 Å². The van der Waals surface area contributed by atoms with Crippen molar-refractivity contribution >= 4 is 28.5 Å². The minimum Gasteiger partial charge on any atom is -0.461 e. The van der Waals surface area contributed by atoms with Crippen molar-refractivity contribution in [3.63, 3.8) is 0 Å². The molecule has 7 heteroatoms. The number of hydrogen-bond acceptors (Lipinski definition) is 5. The van der Waals surface area contributed by atoms with Crippen molar-refractivity contribution in [2.24, 2.45) is 23.2 Å². The summed E-state index contributed by atoms with van der Waals surface area (Å²) in [4.78, 5) is 30.3. The fraction of sp³-hybridized carbons (Fsp3) is 0.750. The van der Waals surface area contributed by atoms with Crippen LogP contribution in [0.25, 0.3) is 0 Å². The summed E-state index contributed by atoms with van der Waals surface area (Å²) < 4.78 is 5.87. The van der Waals surface area contributed by atoms with Gasteiger partial charge in [0.25, 0.3) is 0 Å². The average molecular weight is 392 g/mol. The van der Waals surface area contributed by atoms with E-state index in [0.29, 0.717) is 11.0 Å². The third-order valence-electron chi connectivity index (χ3n) is 6.80. The predicted molar refractivity (Wildman–Crippen MR) is 105 cm³/mol. The summed E-state index contributed by atoms with van der Waals surface area (Å²) in [5.41, 5.74) is 1.18. The molecule has 0 spiro atoms. The molecule has 2 aliphatic carbocycles. The largest absolute Gasteiger partial charge is 0.461 e. The molecule has 2 fully saturated rings. The molecule has 0 aromatic carbocycles. The Labute approximate surface area is 164 Å². The van der Waals surface area contributed by atoms with Gasteiger partial charge in [0, 0.05) is 28.7 Å². The molecule has 0 bridgehead atoms. The first kappa shape index (κ1) is 18.7. The highest BCUT2D eigenvalue weighted by Gasteiger charge is 2.58. The third-order valence-corrected chi connectivity index (χ3v) is 7.78. The van der Waals surface area contributed by atoms with Crippen LogP contribution in [0.15, 0.2) is 0 Å². The summed E-state index contributed by atoms with van der Waals surface area (Å²) in [6.45, 7) is 10.4. The molecule has 2 N–H and O–H groups in total. The molecule has 4 rings (SSSR count). The number of rotatable bonds is 2. The Bertz CT molecular complexity index is 777. The number of amides is 2. The smallest absolute Gasteiger partial charge is 0.321 e. The zero-order valence-corrected chi connectivity index (χ0v) is 17.5. The van der Waals surface area contributed by atoms with Crippen molar-refractivity contribution in [2.45, 2.75) is 71.9 Å². The first-order chi connectivity index (χ1) is 12.7. The van der Waals surface area contributed by atoms with E-state index in [4.69, 9.17) is 9.72 Å². The highest BCUT2D eigenvalue weighted by atomic mass is 32.1. The second kappa shape index (κ2) is 6.47. The molecule has 6 atom stereocenters. The number of esters is 1. The molecule has 1 aromatic heterocycles. The van der Waals surface area contributed by atoms with Crippen LogP contribution in [0.5, 0.6) is 0 Å². The van der Waals surface area contributed by atoms with Gasteiger partial charge >= 0.3 is 12.0 Å². The average Bonchev–Trinajstić information content (AvgIpc) is 3.07. The Morgan fingerprint density at radius 1 is 1.33 bits per heavy atom. The van der Waals surface area contributed by atoms with E-state index in [2.05, 4.69) is 24.5 Å². The van der Waals surface area contributed by atoms with Gasteiger partial charge in [0.05, 0.1) is 11.6 Å². The highest BCUT2D eigenvalue weighted by Crippen LogP contribution is 2.59. The van der Waals surface area contributed by atoms with Crippen LogP contribution in [0, 0.1) is 23.2 Å². The summed E-state index contributed by atoms with van der Waals surface area (Å²) in [6.07, 6.45) is 3.10. The van der Waals surface area contributed by atoms with Gasteiger partial charge in [0.2, 0.25) is 0 Å². The number of hydrogen-bond donors (Lipinski definition) is 2. The fourth-order valence-electron chi connectivity index (χ4n) is 5.53. The Morgan fingerprint density at radius 3 is 2.78 bits per heavy atom. The van der Waals surface area contributed by atoms with Gasteiger partial charge in [0.1, 0.15) is 6.10 Å². The normalized spacial score (nSPS) is 37.3. The number of nitrogens with one attached hydrogen (secondary N) is 2. The van der Waals surface area contributed by atoms with E-state index < -0.39 is 0 Å². The lowest BCUT2D eigenvalue weighted by molar-refractivity contribution is -0.149. The van der Waals surface area contributed by atoms with Crippen LogP contribution >= 0.6 is 11.3 Å². The number of carbonyl (C=O) groups is 2. The van der Waals surface area contributed by atoms with Gasteiger partial charge in [-0.2, -0.15) is 0 Å². The van der Waals surface area contributed by atoms with Crippen molar-refractivity contribution in [1.82, 2.24) is 10.3 Å². The Kier molecular flexibility index (Phi) is 4.48. The lowest BCUT2D eigenvalue weighted by Crippen LogP contribution is -2.50. The predicted octanol–water partition coefficient (Wildman–Crippen LogP) is 3.93. The first-order valence-electron chi connectivity index (χ1n) is 9.97. The molecule has 0 unspecified atom stereocenters. The number of thiazole rings is 1. The second-order valence-corrected chi connectivity index (χ2v) is 10.2. The van der Waals surface area contributed by atoms with E-state index in [1.54, 1.807) is 11.3 Å². The van der Waals surface area contributed by atoms with Crippen LogP contribution in [0.1, 0.15) is 63.9 Å². The molecular formula is C20H29N3O3S. The second-order valence-electron chi connectivity index (χ2n) is 9.12. The molecule has 0 radical (unpaired) electrons. The van der Waals surface area contributed by atoms with E-state index in [0.717, 1.165) is 25.0 Å². The van der Waals surface area contributed by atoms with Gasteiger partial charge in [-0.25, -0.2) is 9.78 Å². The van der Waals surface area contributed by atoms with Crippen LogP contribution in [-0.2, 0) is 16.0 Å². The number of ether oxygens (including phenoxy) is 1.